The Labute approximate surface area is 109 Å². The maximum absolute atomic E-state index is 12.4. The minimum Gasteiger partial charge on any atom is -0.504 e. The highest BCUT2D eigenvalue weighted by Crippen LogP contribution is 2.37. The van der Waals surface area contributed by atoms with E-state index in [-0.39, 0.29) is 23.4 Å². The summed E-state index contributed by atoms with van der Waals surface area (Å²) >= 11 is 0. The first-order valence-electron chi connectivity index (χ1n) is 6.04. The molecule has 0 spiro atoms. The Kier molecular flexibility index (Phi) is 2.67. The van der Waals surface area contributed by atoms with Crippen LogP contribution < -0.4 is 4.74 Å². The van der Waals surface area contributed by atoms with Gasteiger partial charge in [-0.25, -0.2) is 0 Å². The van der Waals surface area contributed by atoms with Gasteiger partial charge in [-0.1, -0.05) is 0 Å². The van der Waals surface area contributed by atoms with Crippen molar-refractivity contribution in [2.45, 2.75) is 18.6 Å². The second-order valence-electron chi connectivity index (χ2n) is 4.73. The number of rotatable bonds is 1. The van der Waals surface area contributed by atoms with Crippen molar-refractivity contribution in [2.24, 2.45) is 4.99 Å². The van der Waals surface area contributed by atoms with Gasteiger partial charge in [0.25, 0.3) is 5.91 Å². The number of benzene rings is 1. The molecule has 1 aromatic carbocycles. The van der Waals surface area contributed by atoms with Crippen LogP contribution in [0.15, 0.2) is 17.1 Å². The van der Waals surface area contributed by atoms with E-state index in [2.05, 4.69) is 4.99 Å². The zero-order valence-electron chi connectivity index (χ0n) is 10.4. The molecule has 1 saturated heterocycles. The van der Waals surface area contributed by atoms with Crippen LogP contribution >= 0.6 is 0 Å². The van der Waals surface area contributed by atoms with E-state index in [1.54, 1.807) is 11.1 Å². The molecule has 0 bridgehead atoms. The minimum atomic E-state index is -0.513. The Morgan fingerprint density at radius 3 is 3.00 bits per heavy atom. The second kappa shape index (κ2) is 4.24. The Morgan fingerprint density at radius 2 is 2.26 bits per heavy atom. The summed E-state index contributed by atoms with van der Waals surface area (Å²) in [6.07, 6.45) is 1.62. The molecule has 1 unspecified atom stereocenters. The highest BCUT2D eigenvalue weighted by molar-refractivity contribution is 6.03. The number of carbonyl (C=O) groups excluding carboxylic acids is 1. The van der Waals surface area contributed by atoms with Gasteiger partial charge in [-0.3, -0.25) is 9.79 Å². The quantitative estimate of drug-likeness (QED) is 0.780. The SMILES string of the molecule is COc1cc2c(cc1O)N=C[C@@H]1CC(O)CN1C2=O. The number of hydrogen-bond donors (Lipinski definition) is 2. The summed E-state index contributed by atoms with van der Waals surface area (Å²) in [7, 11) is 1.42. The molecular formula is C13H14N2O4. The molecule has 0 saturated carbocycles. The number of aromatic hydroxyl groups is 1. The molecule has 6 heteroatoms. The number of phenolic OH excluding ortho intramolecular Hbond substituents is 1. The molecule has 0 radical (unpaired) electrons. The van der Waals surface area contributed by atoms with Gasteiger partial charge in [0, 0.05) is 25.2 Å². The summed E-state index contributed by atoms with van der Waals surface area (Å²) in [5.74, 6) is -0.0128. The molecule has 1 aromatic rings. The molecule has 2 atom stereocenters. The Bertz CT molecular complexity index is 570. The van der Waals surface area contributed by atoms with E-state index in [9.17, 15) is 15.0 Å². The zero-order chi connectivity index (χ0) is 13.6. The van der Waals surface area contributed by atoms with Crippen LogP contribution in [0.5, 0.6) is 11.5 Å². The number of hydrogen-bond acceptors (Lipinski definition) is 5. The van der Waals surface area contributed by atoms with Gasteiger partial charge in [0.1, 0.15) is 0 Å². The molecular weight excluding hydrogens is 248 g/mol. The smallest absolute Gasteiger partial charge is 0.256 e. The summed E-state index contributed by atoms with van der Waals surface area (Å²) in [5.41, 5.74) is 0.801. The zero-order valence-corrected chi connectivity index (χ0v) is 10.4. The van der Waals surface area contributed by atoms with Crippen LogP contribution in [0.2, 0.25) is 0 Å². The van der Waals surface area contributed by atoms with Gasteiger partial charge in [0.05, 0.1) is 30.5 Å². The third-order valence-corrected chi connectivity index (χ3v) is 3.50. The number of ether oxygens (including phenoxy) is 1. The highest BCUT2D eigenvalue weighted by Gasteiger charge is 2.36. The first kappa shape index (κ1) is 12.0. The number of aliphatic imine (C=N–C) groups is 1. The van der Waals surface area contributed by atoms with E-state index in [4.69, 9.17) is 4.74 Å². The molecule has 0 aromatic heterocycles. The highest BCUT2D eigenvalue weighted by atomic mass is 16.5. The second-order valence-corrected chi connectivity index (χ2v) is 4.73. The number of methoxy groups -OCH3 is 1. The average molecular weight is 262 g/mol. The standard InChI is InChI=1S/C13H14N2O4/c1-19-12-3-9-10(4-11(12)17)14-5-7-2-8(16)6-15(7)13(9)18/h3-5,7-8,16-17H,2,6H2,1H3/t7-,8?/m0/s1. The summed E-state index contributed by atoms with van der Waals surface area (Å²) in [6.45, 7) is 0.304. The van der Waals surface area contributed by atoms with Crippen molar-refractivity contribution in [1.29, 1.82) is 0 Å². The molecule has 6 nitrogen and oxygen atoms in total. The normalized spacial score (nSPS) is 24.9. The van der Waals surface area contributed by atoms with Crippen molar-refractivity contribution in [1.82, 2.24) is 4.90 Å². The number of carbonyl (C=O) groups is 1. The lowest BCUT2D eigenvalue weighted by Gasteiger charge is -2.19. The van der Waals surface area contributed by atoms with Gasteiger partial charge in [0.15, 0.2) is 11.5 Å². The van der Waals surface area contributed by atoms with E-state index in [1.807, 2.05) is 0 Å². The molecule has 2 aliphatic rings. The van der Waals surface area contributed by atoms with Crippen LogP contribution in [0.4, 0.5) is 5.69 Å². The van der Waals surface area contributed by atoms with Crippen molar-refractivity contribution >= 4 is 17.8 Å². The lowest BCUT2D eigenvalue weighted by Crippen LogP contribution is -2.35. The van der Waals surface area contributed by atoms with Crippen molar-refractivity contribution in [3.63, 3.8) is 0 Å². The molecule has 1 fully saturated rings. The largest absolute Gasteiger partial charge is 0.504 e. The van der Waals surface area contributed by atoms with Crippen molar-refractivity contribution < 1.29 is 19.7 Å². The van der Waals surface area contributed by atoms with E-state index >= 15 is 0 Å². The molecule has 2 N–H and O–H groups in total. The van der Waals surface area contributed by atoms with Crippen LogP contribution in [0, 0.1) is 0 Å². The van der Waals surface area contributed by atoms with Crippen LogP contribution in [-0.4, -0.2) is 53.0 Å². The maximum Gasteiger partial charge on any atom is 0.256 e. The molecule has 2 aliphatic heterocycles. The number of aliphatic hydroxyl groups excluding tert-OH is 1. The van der Waals surface area contributed by atoms with Gasteiger partial charge < -0.3 is 19.8 Å². The fourth-order valence-corrected chi connectivity index (χ4v) is 2.54. The summed E-state index contributed by atoms with van der Waals surface area (Å²) in [4.78, 5) is 18.3. The molecule has 100 valence electrons. The van der Waals surface area contributed by atoms with E-state index in [1.165, 1.54) is 19.2 Å². The molecule has 0 aliphatic carbocycles. The molecule has 19 heavy (non-hydrogen) atoms. The molecule has 1 amide bonds. The fourth-order valence-electron chi connectivity index (χ4n) is 2.54. The van der Waals surface area contributed by atoms with Gasteiger partial charge in [-0.15, -0.1) is 0 Å². The van der Waals surface area contributed by atoms with E-state index < -0.39 is 6.10 Å². The van der Waals surface area contributed by atoms with E-state index in [0.29, 0.717) is 24.2 Å². The molecule has 2 heterocycles. The third-order valence-electron chi connectivity index (χ3n) is 3.50. The van der Waals surface area contributed by atoms with Gasteiger partial charge in [-0.05, 0) is 6.07 Å². The predicted molar refractivity (Wildman–Crippen MR) is 68.3 cm³/mol. The number of amides is 1. The van der Waals surface area contributed by atoms with Crippen LogP contribution in [-0.2, 0) is 0 Å². The fraction of sp³-hybridized carbons (Fsp3) is 0.385. The van der Waals surface area contributed by atoms with Crippen molar-refractivity contribution in [3.05, 3.63) is 17.7 Å². The first-order valence-corrected chi connectivity index (χ1v) is 6.04. The van der Waals surface area contributed by atoms with Crippen molar-refractivity contribution in [2.75, 3.05) is 13.7 Å². The monoisotopic (exact) mass is 262 g/mol. The predicted octanol–water partition coefficient (Wildman–Crippen LogP) is 0.692. The lowest BCUT2D eigenvalue weighted by molar-refractivity contribution is 0.0749. The maximum atomic E-state index is 12.4. The van der Waals surface area contributed by atoms with Gasteiger partial charge in [0.2, 0.25) is 0 Å². The Morgan fingerprint density at radius 1 is 1.47 bits per heavy atom. The minimum absolute atomic E-state index is 0.0479. The van der Waals surface area contributed by atoms with Crippen molar-refractivity contribution in [3.8, 4) is 11.5 Å². The molecule has 3 rings (SSSR count). The average Bonchev–Trinajstić information content (AvgIpc) is 2.71. The van der Waals surface area contributed by atoms with Crippen LogP contribution in [0.25, 0.3) is 0 Å². The van der Waals surface area contributed by atoms with Crippen LogP contribution in [0.3, 0.4) is 0 Å². The summed E-state index contributed by atoms with van der Waals surface area (Å²) < 4.78 is 5.01. The first-order chi connectivity index (χ1) is 9.10. The summed E-state index contributed by atoms with van der Waals surface area (Å²) in [6, 6.07) is 2.71. The van der Waals surface area contributed by atoms with Crippen LogP contribution in [0.1, 0.15) is 16.8 Å². The van der Waals surface area contributed by atoms with E-state index in [0.717, 1.165) is 0 Å². The topological polar surface area (TPSA) is 82.4 Å². The Hall–Kier alpha value is -2.08. The lowest BCUT2D eigenvalue weighted by atomic mass is 10.1. The number of aliphatic hydroxyl groups is 1. The number of fused-ring (bicyclic) bond motifs is 2. The number of nitrogens with zero attached hydrogens (tertiary/aromatic N) is 2. The van der Waals surface area contributed by atoms with Gasteiger partial charge >= 0.3 is 0 Å². The Balaban J connectivity index is 2.09. The van der Waals surface area contributed by atoms with Gasteiger partial charge in [-0.2, -0.15) is 0 Å². The summed E-state index contributed by atoms with van der Waals surface area (Å²) in [5, 5.41) is 19.4. The number of phenols is 1. The third kappa shape index (κ3) is 1.84.